The number of hydrogen-bond donors (Lipinski definition) is 0. The molecule has 4 nitrogen and oxygen atoms in total. The van der Waals surface area contributed by atoms with E-state index in [1.807, 2.05) is 42.5 Å². The van der Waals surface area contributed by atoms with Gasteiger partial charge in [0, 0.05) is 6.07 Å². The van der Waals surface area contributed by atoms with Gasteiger partial charge in [0.2, 0.25) is 11.2 Å². The molecule has 0 fully saturated rings. The summed E-state index contributed by atoms with van der Waals surface area (Å²) in [5.41, 5.74) is 2.29. The highest BCUT2D eigenvalue weighted by Crippen LogP contribution is 2.29. The fraction of sp³-hybridized carbons (Fsp3) is 0.0417. The summed E-state index contributed by atoms with van der Waals surface area (Å²) in [6, 6.07) is 20.4. The maximum atomic E-state index is 12.7. The van der Waals surface area contributed by atoms with Crippen LogP contribution in [-0.2, 0) is 6.61 Å². The van der Waals surface area contributed by atoms with Gasteiger partial charge < -0.3 is 13.9 Å². The molecule has 1 heterocycles. The van der Waals surface area contributed by atoms with Crippen LogP contribution in [0.5, 0.6) is 17.2 Å². The number of ether oxygens (including phenoxy) is 2. The third-order valence-corrected chi connectivity index (χ3v) is 5.05. The Morgan fingerprint density at radius 3 is 2.55 bits per heavy atom. The van der Waals surface area contributed by atoms with E-state index >= 15 is 0 Å². The van der Waals surface area contributed by atoms with Gasteiger partial charge in [0.1, 0.15) is 30.0 Å². The zero-order valence-electron chi connectivity index (χ0n) is 15.4. The van der Waals surface area contributed by atoms with Crippen LogP contribution in [0, 0.1) is 0 Å². The maximum absolute atomic E-state index is 12.7. The predicted molar refractivity (Wildman–Crippen MR) is 118 cm³/mol. The summed E-state index contributed by atoms with van der Waals surface area (Å²) >= 11 is 3.40. The van der Waals surface area contributed by atoms with E-state index in [0.29, 0.717) is 29.1 Å². The first-order valence-corrected chi connectivity index (χ1v) is 9.75. The highest BCUT2D eigenvalue weighted by atomic mass is 79.9. The van der Waals surface area contributed by atoms with Crippen LogP contribution in [0.4, 0.5) is 0 Å². The van der Waals surface area contributed by atoms with Gasteiger partial charge >= 0.3 is 0 Å². The van der Waals surface area contributed by atoms with Crippen LogP contribution in [0.1, 0.15) is 11.1 Å². The summed E-state index contributed by atoms with van der Waals surface area (Å²) in [5.74, 6) is 1.29. The minimum absolute atomic E-state index is 0.125. The molecule has 144 valence electrons. The molecule has 4 aromatic rings. The van der Waals surface area contributed by atoms with Crippen molar-refractivity contribution in [2.75, 3.05) is 0 Å². The molecule has 3 aromatic carbocycles. The molecule has 0 aliphatic rings. The zero-order valence-corrected chi connectivity index (χ0v) is 17.0. The molecule has 0 saturated heterocycles. The van der Waals surface area contributed by atoms with Crippen molar-refractivity contribution < 1.29 is 13.9 Å². The quantitative estimate of drug-likeness (QED) is 0.334. The first-order chi connectivity index (χ1) is 14.1. The molecule has 0 radical (unpaired) electrons. The third kappa shape index (κ3) is 4.25. The van der Waals surface area contributed by atoms with Crippen LogP contribution < -0.4 is 14.9 Å². The van der Waals surface area contributed by atoms with E-state index in [0.717, 1.165) is 15.6 Å². The molecule has 5 heteroatoms. The van der Waals surface area contributed by atoms with Gasteiger partial charge in [0.05, 0.1) is 9.86 Å². The van der Waals surface area contributed by atoms with Crippen LogP contribution in [-0.4, -0.2) is 0 Å². The Hall–Kier alpha value is -3.31. The van der Waals surface area contributed by atoms with Crippen LogP contribution in [0.15, 0.2) is 93.3 Å². The monoisotopic (exact) mass is 448 g/mol. The van der Waals surface area contributed by atoms with E-state index in [1.54, 1.807) is 30.3 Å². The van der Waals surface area contributed by atoms with Crippen LogP contribution >= 0.6 is 15.9 Å². The summed E-state index contributed by atoms with van der Waals surface area (Å²) in [7, 11) is 0. The van der Waals surface area contributed by atoms with E-state index in [2.05, 4.69) is 22.5 Å². The van der Waals surface area contributed by atoms with Crippen molar-refractivity contribution in [3.05, 3.63) is 105 Å². The van der Waals surface area contributed by atoms with E-state index < -0.39 is 0 Å². The Morgan fingerprint density at radius 1 is 1.00 bits per heavy atom. The average molecular weight is 449 g/mol. The fourth-order valence-corrected chi connectivity index (χ4v) is 3.18. The molecule has 0 amide bonds. The number of halogens is 1. The van der Waals surface area contributed by atoms with Crippen LogP contribution in [0.3, 0.4) is 0 Å². The highest BCUT2D eigenvalue weighted by Gasteiger charge is 2.11. The lowest BCUT2D eigenvalue weighted by molar-refractivity contribution is 0.306. The molecule has 0 unspecified atom stereocenters. The number of fused-ring (bicyclic) bond motifs is 1. The van der Waals surface area contributed by atoms with Gasteiger partial charge in [-0.05, 0) is 51.3 Å². The molecular weight excluding hydrogens is 432 g/mol. The summed E-state index contributed by atoms with van der Waals surface area (Å²) in [5, 5.41) is 0.428. The molecule has 4 rings (SSSR count). The lowest BCUT2D eigenvalue weighted by atomic mass is 10.1. The van der Waals surface area contributed by atoms with Crippen LogP contribution in [0.2, 0.25) is 0 Å². The SMILES string of the molecule is C=Cc1ccc(COc2ccc3c(=O)c(Oc4ccccc4Br)coc3c2)cc1. The topological polar surface area (TPSA) is 48.7 Å². The normalized spacial score (nSPS) is 10.7. The summed E-state index contributed by atoms with van der Waals surface area (Å²) in [4.78, 5) is 12.7. The van der Waals surface area contributed by atoms with Crippen molar-refractivity contribution in [1.29, 1.82) is 0 Å². The van der Waals surface area contributed by atoms with Gasteiger partial charge in [0.25, 0.3) is 0 Å². The van der Waals surface area contributed by atoms with Crippen molar-refractivity contribution in [3.63, 3.8) is 0 Å². The molecule has 0 saturated carbocycles. The molecule has 0 spiro atoms. The smallest absolute Gasteiger partial charge is 0.235 e. The predicted octanol–water partition coefficient (Wildman–Crippen LogP) is 6.57. The molecule has 0 atom stereocenters. The van der Waals surface area contributed by atoms with E-state index in [9.17, 15) is 4.79 Å². The number of para-hydroxylation sites is 1. The second kappa shape index (κ2) is 8.37. The number of benzene rings is 3. The van der Waals surface area contributed by atoms with Crippen molar-refractivity contribution in [2.24, 2.45) is 0 Å². The lowest BCUT2D eigenvalue weighted by Crippen LogP contribution is -2.05. The largest absolute Gasteiger partial charge is 0.489 e. The lowest BCUT2D eigenvalue weighted by Gasteiger charge is -2.09. The van der Waals surface area contributed by atoms with Crippen LogP contribution in [0.25, 0.3) is 17.0 Å². The molecule has 1 aromatic heterocycles. The fourth-order valence-electron chi connectivity index (χ4n) is 2.81. The Morgan fingerprint density at radius 2 is 1.79 bits per heavy atom. The second-order valence-electron chi connectivity index (χ2n) is 6.35. The van der Waals surface area contributed by atoms with Gasteiger partial charge in [-0.15, -0.1) is 0 Å². The Labute approximate surface area is 176 Å². The molecule has 29 heavy (non-hydrogen) atoms. The molecule has 0 aliphatic carbocycles. The zero-order chi connectivity index (χ0) is 20.2. The van der Waals surface area contributed by atoms with Crippen molar-refractivity contribution >= 4 is 33.0 Å². The van der Waals surface area contributed by atoms with Gasteiger partial charge in [-0.25, -0.2) is 0 Å². The molecular formula is C24H17BrO4. The van der Waals surface area contributed by atoms with Gasteiger partial charge in [-0.3, -0.25) is 4.79 Å². The van der Waals surface area contributed by atoms with Gasteiger partial charge in [-0.2, -0.15) is 0 Å². The standard InChI is InChI=1S/C24H17BrO4/c1-2-16-7-9-17(10-8-16)14-27-18-11-12-19-22(13-18)28-15-23(24(19)26)29-21-6-4-3-5-20(21)25/h2-13,15H,1,14H2. The first-order valence-electron chi connectivity index (χ1n) is 8.96. The molecule has 0 N–H and O–H groups in total. The summed E-state index contributed by atoms with van der Waals surface area (Å²) in [6.07, 6.45) is 3.12. The van der Waals surface area contributed by atoms with Crippen molar-refractivity contribution in [3.8, 4) is 17.2 Å². The van der Waals surface area contributed by atoms with Crippen molar-refractivity contribution in [1.82, 2.24) is 0 Å². The second-order valence-corrected chi connectivity index (χ2v) is 7.21. The van der Waals surface area contributed by atoms with E-state index in [4.69, 9.17) is 13.9 Å². The van der Waals surface area contributed by atoms with E-state index in [1.165, 1.54) is 6.26 Å². The minimum atomic E-state index is -0.242. The minimum Gasteiger partial charge on any atom is -0.489 e. The third-order valence-electron chi connectivity index (χ3n) is 4.39. The average Bonchev–Trinajstić information content (AvgIpc) is 2.76. The summed E-state index contributed by atoms with van der Waals surface area (Å²) < 4.78 is 17.9. The van der Waals surface area contributed by atoms with Gasteiger partial charge in [0.15, 0.2) is 0 Å². The number of rotatable bonds is 6. The first kappa shape index (κ1) is 19.0. The van der Waals surface area contributed by atoms with Crippen molar-refractivity contribution in [2.45, 2.75) is 6.61 Å². The van der Waals surface area contributed by atoms with Gasteiger partial charge in [-0.1, -0.05) is 49.1 Å². The van der Waals surface area contributed by atoms with E-state index in [-0.39, 0.29) is 11.2 Å². The molecule has 0 aliphatic heterocycles. The summed E-state index contributed by atoms with van der Waals surface area (Å²) in [6.45, 7) is 4.16. The Balaban J connectivity index is 1.54. The number of hydrogen-bond acceptors (Lipinski definition) is 4. The maximum Gasteiger partial charge on any atom is 0.235 e. The Kier molecular flexibility index (Phi) is 5.49. The molecule has 0 bridgehead atoms. The highest BCUT2D eigenvalue weighted by molar-refractivity contribution is 9.10. The Bertz CT molecular complexity index is 1230.